The van der Waals surface area contributed by atoms with Crippen molar-refractivity contribution < 1.29 is 9.53 Å². The monoisotopic (exact) mass is 402 g/mol. The minimum atomic E-state index is 0.0799. The van der Waals surface area contributed by atoms with E-state index < -0.39 is 0 Å². The molecule has 27 heavy (non-hydrogen) atoms. The zero-order valence-electron chi connectivity index (χ0n) is 15.3. The van der Waals surface area contributed by atoms with Gasteiger partial charge in [0.25, 0.3) is 0 Å². The second-order valence-corrected chi connectivity index (χ2v) is 8.08. The first-order valence-corrected chi connectivity index (χ1v) is 10.4. The van der Waals surface area contributed by atoms with E-state index in [0.717, 1.165) is 17.7 Å². The van der Waals surface area contributed by atoms with Crippen molar-refractivity contribution in [3.05, 3.63) is 58.5 Å². The summed E-state index contributed by atoms with van der Waals surface area (Å²) in [7, 11) is 1.65. The molecule has 3 rings (SSSR count). The highest BCUT2D eigenvalue weighted by Crippen LogP contribution is 2.20. The minimum Gasteiger partial charge on any atom is -0.497 e. The fourth-order valence-electron chi connectivity index (χ4n) is 2.72. The summed E-state index contributed by atoms with van der Waals surface area (Å²) in [6.45, 7) is 2.66. The fraction of sp³-hybridized carbons (Fsp3) is 0.316. The van der Waals surface area contributed by atoms with E-state index in [-0.39, 0.29) is 11.9 Å². The molecule has 3 aromatic rings. The van der Waals surface area contributed by atoms with Crippen LogP contribution in [-0.4, -0.2) is 44.9 Å². The van der Waals surface area contributed by atoms with Gasteiger partial charge in [0.15, 0.2) is 5.16 Å². The zero-order valence-corrected chi connectivity index (χ0v) is 16.9. The maximum Gasteiger partial charge on any atom is 0.233 e. The first-order valence-electron chi connectivity index (χ1n) is 8.58. The molecule has 0 aliphatic heterocycles. The van der Waals surface area contributed by atoms with E-state index in [0.29, 0.717) is 17.5 Å². The number of aromatic nitrogens is 3. The fourth-order valence-corrected chi connectivity index (χ4v) is 4.22. The number of H-pyrrole nitrogens is 1. The van der Waals surface area contributed by atoms with Crippen molar-refractivity contribution in [3.63, 3.8) is 0 Å². The molecule has 1 aromatic carbocycles. The van der Waals surface area contributed by atoms with Crippen LogP contribution in [0.4, 0.5) is 0 Å². The number of thiophene rings is 1. The average Bonchev–Trinajstić information content (AvgIpc) is 3.38. The number of rotatable bonds is 9. The summed E-state index contributed by atoms with van der Waals surface area (Å²) in [5.41, 5.74) is 1.08. The summed E-state index contributed by atoms with van der Waals surface area (Å²) in [5.74, 6) is 1.21. The molecule has 6 nitrogen and oxygen atoms in total. The molecule has 1 amide bonds. The highest BCUT2D eigenvalue weighted by Gasteiger charge is 2.21. The van der Waals surface area contributed by atoms with E-state index in [2.05, 4.69) is 33.6 Å². The van der Waals surface area contributed by atoms with Crippen molar-refractivity contribution in [2.75, 3.05) is 12.9 Å². The van der Waals surface area contributed by atoms with Gasteiger partial charge in [0.1, 0.15) is 12.1 Å². The Hall–Kier alpha value is -2.32. The van der Waals surface area contributed by atoms with Gasteiger partial charge < -0.3 is 9.64 Å². The molecule has 0 saturated heterocycles. The van der Waals surface area contributed by atoms with Crippen molar-refractivity contribution in [1.29, 1.82) is 0 Å². The quantitative estimate of drug-likeness (QED) is 0.554. The Bertz CT molecular complexity index is 820. The second kappa shape index (κ2) is 9.57. The third-order valence-corrected chi connectivity index (χ3v) is 5.93. The topological polar surface area (TPSA) is 71.1 Å². The van der Waals surface area contributed by atoms with E-state index in [4.69, 9.17) is 4.74 Å². The number of hydrogen-bond acceptors (Lipinski definition) is 6. The Morgan fingerprint density at radius 3 is 2.78 bits per heavy atom. The molecule has 0 saturated carbocycles. The lowest BCUT2D eigenvalue weighted by molar-refractivity contribution is -0.131. The van der Waals surface area contributed by atoms with Crippen LogP contribution in [0.3, 0.4) is 0 Å². The van der Waals surface area contributed by atoms with Gasteiger partial charge in [-0.05, 0) is 36.1 Å². The van der Waals surface area contributed by atoms with Crippen LogP contribution in [0.1, 0.15) is 17.4 Å². The molecule has 0 spiro atoms. The lowest BCUT2D eigenvalue weighted by Crippen LogP contribution is -2.40. The van der Waals surface area contributed by atoms with Gasteiger partial charge >= 0.3 is 0 Å². The largest absolute Gasteiger partial charge is 0.497 e. The molecular formula is C19H22N4O2S2. The van der Waals surface area contributed by atoms with Gasteiger partial charge in [-0.1, -0.05) is 30.0 Å². The third-order valence-electron chi connectivity index (χ3n) is 4.17. The molecule has 1 atom stereocenters. The van der Waals surface area contributed by atoms with Crippen LogP contribution < -0.4 is 4.74 Å². The normalized spacial score (nSPS) is 11.9. The minimum absolute atomic E-state index is 0.0799. The Morgan fingerprint density at radius 2 is 2.15 bits per heavy atom. The Labute approximate surface area is 167 Å². The summed E-state index contributed by atoms with van der Waals surface area (Å²) < 4.78 is 5.22. The predicted octanol–water partition coefficient (Wildman–Crippen LogP) is 3.63. The molecule has 0 aliphatic rings. The number of nitrogens with zero attached hydrogens (tertiary/aromatic N) is 3. The van der Waals surface area contributed by atoms with Crippen LogP contribution in [0.15, 0.2) is 53.3 Å². The van der Waals surface area contributed by atoms with Crippen LogP contribution in [0.5, 0.6) is 5.75 Å². The van der Waals surface area contributed by atoms with Gasteiger partial charge in [0.05, 0.1) is 12.9 Å². The second-order valence-electron chi connectivity index (χ2n) is 6.08. The molecule has 2 aromatic heterocycles. The van der Waals surface area contributed by atoms with Gasteiger partial charge in [-0.3, -0.25) is 9.89 Å². The van der Waals surface area contributed by atoms with Crippen LogP contribution in [0.25, 0.3) is 0 Å². The highest BCUT2D eigenvalue weighted by molar-refractivity contribution is 7.99. The van der Waals surface area contributed by atoms with E-state index in [9.17, 15) is 4.79 Å². The van der Waals surface area contributed by atoms with Crippen LogP contribution in [-0.2, 0) is 17.8 Å². The average molecular weight is 403 g/mol. The van der Waals surface area contributed by atoms with Crippen LogP contribution in [0.2, 0.25) is 0 Å². The van der Waals surface area contributed by atoms with Gasteiger partial charge in [-0.25, -0.2) is 4.98 Å². The number of ether oxygens (including phenoxy) is 1. The summed E-state index contributed by atoms with van der Waals surface area (Å²) in [4.78, 5) is 20.2. The molecule has 0 bridgehead atoms. The zero-order chi connectivity index (χ0) is 19.1. The van der Waals surface area contributed by atoms with Crippen molar-refractivity contribution in [3.8, 4) is 5.75 Å². The lowest BCUT2D eigenvalue weighted by Gasteiger charge is -2.29. The van der Waals surface area contributed by atoms with E-state index >= 15 is 0 Å². The number of aromatic amines is 1. The number of carbonyl (C=O) groups excluding carboxylic acids is 1. The lowest BCUT2D eigenvalue weighted by atomic mass is 10.1. The molecule has 2 heterocycles. The Balaban J connectivity index is 1.70. The molecule has 0 radical (unpaired) electrons. The van der Waals surface area contributed by atoms with E-state index in [1.807, 2.05) is 35.2 Å². The van der Waals surface area contributed by atoms with Crippen LogP contribution in [0, 0.1) is 0 Å². The van der Waals surface area contributed by atoms with Crippen molar-refractivity contribution >= 4 is 29.0 Å². The summed E-state index contributed by atoms with van der Waals surface area (Å²) >= 11 is 3.09. The SMILES string of the molecule is COc1ccc(CN(C(=O)CSc2ncn[nH]2)[C@@H](C)Cc2cccs2)cc1. The van der Waals surface area contributed by atoms with Gasteiger partial charge in [-0.15, -0.1) is 11.3 Å². The number of carbonyl (C=O) groups is 1. The first kappa shape index (κ1) is 19.4. The van der Waals surface area contributed by atoms with Crippen molar-refractivity contribution in [2.45, 2.75) is 31.1 Å². The van der Waals surface area contributed by atoms with Gasteiger partial charge in [0, 0.05) is 23.9 Å². The molecule has 0 unspecified atom stereocenters. The number of amides is 1. The molecule has 0 fully saturated rings. The summed E-state index contributed by atoms with van der Waals surface area (Å²) in [6, 6.07) is 12.1. The molecular weight excluding hydrogens is 380 g/mol. The maximum absolute atomic E-state index is 13.0. The van der Waals surface area contributed by atoms with Gasteiger partial charge in [-0.2, -0.15) is 5.10 Å². The third kappa shape index (κ3) is 5.58. The van der Waals surface area contributed by atoms with Crippen molar-refractivity contribution in [1.82, 2.24) is 20.1 Å². The number of thioether (sulfide) groups is 1. The van der Waals surface area contributed by atoms with Crippen LogP contribution >= 0.6 is 23.1 Å². The Kier molecular flexibility index (Phi) is 6.89. The standard InChI is InChI=1S/C19H22N4O2S2/c1-14(10-17-4-3-9-26-17)23(11-15-5-7-16(25-2)8-6-15)18(24)12-27-19-20-13-21-22-19/h3-9,13-14H,10-12H2,1-2H3,(H,20,21,22)/t14-/m0/s1. The predicted molar refractivity (Wildman–Crippen MR) is 108 cm³/mol. The number of nitrogens with one attached hydrogen (secondary N) is 1. The summed E-state index contributed by atoms with van der Waals surface area (Å²) in [5, 5.41) is 9.32. The highest BCUT2D eigenvalue weighted by atomic mass is 32.2. The molecule has 142 valence electrons. The number of methoxy groups -OCH3 is 1. The van der Waals surface area contributed by atoms with E-state index in [1.54, 1.807) is 18.4 Å². The molecule has 8 heteroatoms. The van der Waals surface area contributed by atoms with Crippen molar-refractivity contribution in [2.24, 2.45) is 0 Å². The maximum atomic E-state index is 13.0. The Morgan fingerprint density at radius 1 is 1.33 bits per heavy atom. The first-order chi connectivity index (χ1) is 13.2. The van der Waals surface area contributed by atoms with Gasteiger partial charge in [0.2, 0.25) is 5.91 Å². The molecule has 0 aliphatic carbocycles. The summed E-state index contributed by atoms with van der Waals surface area (Å²) in [6.07, 6.45) is 2.29. The number of benzene rings is 1. The molecule has 1 N–H and O–H groups in total. The number of hydrogen-bond donors (Lipinski definition) is 1. The van der Waals surface area contributed by atoms with E-state index in [1.165, 1.54) is 23.0 Å². The smallest absolute Gasteiger partial charge is 0.233 e.